The Morgan fingerprint density at radius 2 is 1.94 bits per heavy atom. The molecule has 1 aliphatic heterocycles. The van der Waals surface area contributed by atoms with Gasteiger partial charge in [-0.1, -0.05) is 11.2 Å². The number of halogens is 3. The van der Waals surface area contributed by atoms with E-state index in [0.29, 0.717) is 0 Å². The highest BCUT2D eigenvalue weighted by Gasteiger charge is 2.38. The lowest BCUT2D eigenvalue weighted by atomic mass is 10.3. The first-order valence-corrected chi connectivity index (χ1v) is 9.39. The first-order chi connectivity index (χ1) is 14.9. The molecule has 4 heterocycles. The van der Waals surface area contributed by atoms with E-state index >= 15 is 0 Å². The summed E-state index contributed by atoms with van der Waals surface area (Å²) in [5.41, 5.74) is 1.09. The van der Waals surface area contributed by atoms with Gasteiger partial charge >= 0.3 is 18.2 Å². The van der Waals surface area contributed by atoms with E-state index in [-0.39, 0.29) is 23.8 Å². The predicted molar refractivity (Wildman–Crippen MR) is 102 cm³/mol. The molecule has 0 bridgehead atoms. The number of hydrogen-bond donors (Lipinski definition) is 1. The lowest BCUT2D eigenvalue weighted by molar-refractivity contribution is -0.159. The Hall–Kier alpha value is -3.70. The van der Waals surface area contributed by atoms with Crippen molar-refractivity contribution in [1.29, 1.82) is 0 Å². The molecule has 0 radical (unpaired) electrons. The Bertz CT molecular complexity index is 1030. The number of pyridine rings is 2. The van der Waals surface area contributed by atoms with Gasteiger partial charge in [0.1, 0.15) is 18.1 Å². The SMILES string of the molecule is O=C(Nc1ccc(-c2noc(C(F)(F)F)n2)nc1)OCc1ccc(N2CCCC2)nc1. The van der Waals surface area contributed by atoms with E-state index in [9.17, 15) is 18.0 Å². The number of amides is 1. The van der Waals surface area contributed by atoms with Crippen LogP contribution in [0.2, 0.25) is 0 Å². The fourth-order valence-electron chi connectivity index (χ4n) is 2.98. The summed E-state index contributed by atoms with van der Waals surface area (Å²) in [4.78, 5) is 25.7. The Kier molecular flexibility index (Phi) is 5.69. The van der Waals surface area contributed by atoms with Gasteiger partial charge in [0, 0.05) is 24.8 Å². The highest BCUT2D eigenvalue weighted by atomic mass is 19.4. The maximum Gasteiger partial charge on any atom is 0.471 e. The number of anilines is 2. The maximum absolute atomic E-state index is 12.5. The topological polar surface area (TPSA) is 106 Å². The van der Waals surface area contributed by atoms with Gasteiger partial charge < -0.3 is 14.2 Å². The minimum absolute atomic E-state index is 0.0354. The molecule has 12 heteroatoms. The van der Waals surface area contributed by atoms with Crippen molar-refractivity contribution >= 4 is 17.6 Å². The van der Waals surface area contributed by atoms with Crippen LogP contribution in [0.4, 0.5) is 29.5 Å². The molecule has 9 nitrogen and oxygen atoms in total. The molecule has 0 saturated carbocycles. The number of nitrogens with one attached hydrogen (secondary N) is 1. The average molecular weight is 434 g/mol. The zero-order valence-corrected chi connectivity index (χ0v) is 16.1. The van der Waals surface area contributed by atoms with Crippen LogP contribution in [-0.4, -0.2) is 39.3 Å². The normalized spacial score (nSPS) is 14.0. The summed E-state index contributed by atoms with van der Waals surface area (Å²) in [6, 6.07) is 6.53. The molecule has 1 aliphatic rings. The lowest BCUT2D eigenvalue weighted by Crippen LogP contribution is -2.19. The summed E-state index contributed by atoms with van der Waals surface area (Å²) < 4.78 is 46.9. The van der Waals surface area contributed by atoms with Gasteiger partial charge in [-0.05, 0) is 31.0 Å². The number of rotatable bonds is 5. The smallest absolute Gasteiger partial charge is 0.444 e. The third kappa shape index (κ3) is 5.08. The summed E-state index contributed by atoms with van der Waals surface area (Å²) in [6.45, 7) is 2.02. The summed E-state index contributed by atoms with van der Waals surface area (Å²) >= 11 is 0. The van der Waals surface area contributed by atoms with Crippen molar-refractivity contribution in [3.63, 3.8) is 0 Å². The van der Waals surface area contributed by atoms with Crippen molar-refractivity contribution in [2.45, 2.75) is 25.6 Å². The number of hydrogen-bond acceptors (Lipinski definition) is 8. The molecule has 0 aromatic carbocycles. The van der Waals surface area contributed by atoms with Crippen molar-refractivity contribution in [2.75, 3.05) is 23.3 Å². The van der Waals surface area contributed by atoms with Crippen LogP contribution < -0.4 is 10.2 Å². The molecule has 1 fully saturated rings. The molecular formula is C19H17F3N6O3. The van der Waals surface area contributed by atoms with E-state index in [4.69, 9.17) is 4.74 Å². The van der Waals surface area contributed by atoms with Gasteiger partial charge in [-0.3, -0.25) is 10.3 Å². The molecule has 3 aromatic heterocycles. The fourth-order valence-corrected chi connectivity index (χ4v) is 2.98. The molecule has 3 aromatic rings. The second kappa shape index (κ2) is 8.58. The van der Waals surface area contributed by atoms with E-state index in [1.807, 2.05) is 12.1 Å². The van der Waals surface area contributed by atoms with Crippen molar-refractivity contribution in [2.24, 2.45) is 0 Å². The number of ether oxygens (including phenoxy) is 1. The highest BCUT2D eigenvalue weighted by molar-refractivity contribution is 5.84. The second-order valence-electron chi connectivity index (χ2n) is 6.77. The molecular weight excluding hydrogens is 417 g/mol. The molecule has 1 saturated heterocycles. The van der Waals surface area contributed by atoms with Crippen molar-refractivity contribution in [3.05, 3.63) is 48.1 Å². The van der Waals surface area contributed by atoms with Gasteiger partial charge in [-0.25, -0.2) is 9.78 Å². The van der Waals surface area contributed by atoms with Crippen LogP contribution in [0.5, 0.6) is 0 Å². The van der Waals surface area contributed by atoms with E-state index < -0.39 is 18.2 Å². The van der Waals surface area contributed by atoms with Crippen LogP contribution in [0.15, 0.2) is 41.2 Å². The van der Waals surface area contributed by atoms with Gasteiger partial charge in [0.15, 0.2) is 0 Å². The van der Waals surface area contributed by atoms with Gasteiger partial charge in [-0.2, -0.15) is 18.2 Å². The van der Waals surface area contributed by atoms with Crippen molar-refractivity contribution in [3.8, 4) is 11.5 Å². The molecule has 0 aliphatic carbocycles. The predicted octanol–water partition coefficient (Wildman–Crippen LogP) is 3.89. The third-order valence-corrected chi connectivity index (χ3v) is 4.52. The van der Waals surface area contributed by atoms with Crippen LogP contribution in [0.25, 0.3) is 11.5 Å². The summed E-state index contributed by atoms with van der Waals surface area (Å²) in [6.07, 6.45) is -0.222. The van der Waals surface area contributed by atoms with Crippen LogP contribution in [0.3, 0.4) is 0 Å². The van der Waals surface area contributed by atoms with Crippen molar-refractivity contribution in [1.82, 2.24) is 20.1 Å². The third-order valence-electron chi connectivity index (χ3n) is 4.52. The van der Waals surface area contributed by atoms with Gasteiger partial charge in [0.25, 0.3) is 0 Å². The molecule has 162 valence electrons. The first kappa shape index (κ1) is 20.6. The summed E-state index contributed by atoms with van der Waals surface area (Å²) in [5, 5.41) is 5.73. The number of alkyl halides is 3. The second-order valence-corrected chi connectivity index (χ2v) is 6.77. The van der Waals surface area contributed by atoms with Gasteiger partial charge in [0.05, 0.1) is 11.9 Å². The van der Waals surface area contributed by atoms with E-state index in [1.165, 1.54) is 18.3 Å². The zero-order valence-electron chi connectivity index (χ0n) is 16.1. The average Bonchev–Trinajstić information content (AvgIpc) is 3.45. The maximum atomic E-state index is 12.5. The Labute approximate surface area is 174 Å². The quantitative estimate of drug-likeness (QED) is 0.645. The first-order valence-electron chi connectivity index (χ1n) is 9.39. The molecule has 4 rings (SSSR count). The Balaban J connectivity index is 1.29. The van der Waals surface area contributed by atoms with Crippen molar-refractivity contribution < 1.29 is 27.2 Å². The van der Waals surface area contributed by atoms with E-state index in [0.717, 1.165) is 37.3 Å². The monoisotopic (exact) mass is 434 g/mol. The highest BCUT2D eigenvalue weighted by Crippen LogP contribution is 2.29. The fraction of sp³-hybridized carbons (Fsp3) is 0.316. The van der Waals surface area contributed by atoms with Crippen LogP contribution in [0.1, 0.15) is 24.3 Å². The zero-order chi connectivity index (χ0) is 21.8. The van der Waals surface area contributed by atoms with Crippen LogP contribution in [-0.2, 0) is 17.5 Å². The molecule has 0 spiro atoms. The minimum Gasteiger partial charge on any atom is -0.444 e. The summed E-state index contributed by atoms with van der Waals surface area (Å²) in [7, 11) is 0. The lowest BCUT2D eigenvalue weighted by Gasteiger charge is -2.16. The van der Waals surface area contributed by atoms with E-state index in [1.54, 1.807) is 6.20 Å². The molecule has 1 N–H and O–H groups in total. The van der Waals surface area contributed by atoms with Gasteiger partial charge in [-0.15, -0.1) is 0 Å². The summed E-state index contributed by atoms with van der Waals surface area (Å²) in [5.74, 6) is -0.870. The number of nitrogens with zero attached hydrogens (tertiary/aromatic N) is 5. The largest absolute Gasteiger partial charge is 0.471 e. The van der Waals surface area contributed by atoms with Crippen LogP contribution in [0, 0.1) is 0 Å². The molecule has 31 heavy (non-hydrogen) atoms. The molecule has 0 atom stereocenters. The Morgan fingerprint density at radius 3 is 2.55 bits per heavy atom. The van der Waals surface area contributed by atoms with E-state index in [2.05, 4.69) is 34.8 Å². The molecule has 1 amide bonds. The number of aromatic nitrogens is 4. The standard InChI is InChI=1S/C19H17F3N6O3/c20-19(21,22)17-26-16(27-31-17)14-5-4-13(10-23-14)25-18(29)30-11-12-3-6-15(24-9-12)28-7-1-2-8-28/h3-6,9-10H,1-2,7-8,11H2,(H,25,29). The number of carbonyl (C=O) groups excluding carboxylic acids is 1. The minimum atomic E-state index is -4.74. The number of carbonyl (C=O) groups is 1. The molecule has 0 unspecified atom stereocenters. The van der Waals surface area contributed by atoms with Crippen LogP contribution >= 0.6 is 0 Å². The van der Waals surface area contributed by atoms with Gasteiger partial charge in [0.2, 0.25) is 5.82 Å². The Morgan fingerprint density at radius 1 is 1.13 bits per heavy atom.